The van der Waals surface area contributed by atoms with Crippen molar-refractivity contribution in [2.75, 3.05) is 5.32 Å². The number of nitrogens with one attached hydrogen (secondary N) is 2. The Kier molecular flexibility index (Phi) is 3.23. The summed E-state index contributed by atoms with van der Waals surface area (Å²) in [6, 6.07) is 6.03. The van der Waals surface area contributed by atoms with Crippen LogP contribution < -0.4 is 10.6 Å². The number of hydrogen-bond acceptors (Lipinski definition) is 2. The second kappa shape index (κ2) is 4.97. The highest BCUT2D eigenvalue weighted by atomic mass is 19.2. The summed E-state index contributed by atoms with van der Waals surface area (Å²) in [5, 5.41) is 4.69. The number of hydrogen-bond donors (Lipinski definition) is 2. The van der Waals surface area contributed by atoms with Crippen LogP contribution in [0.5, 0.6) is 0 Å². The summed E-state index contributed by atoms with van der Waals surface area (Å²) in [6.45, 7) is 0. The van der Waals surface area contributed by atoms with E-state index in [9.17, 15) is 26.7 Å². The first kappa shape index (κ1) is 14.3. The molecule has 0 aliphatic carbocycles. The fraction of sp³-hybridized carbons (Fsp3) is 0.0714. The van der Waals surface area contributed by atoms with Gasteiger partial charge in [-0.1, -0.05) is 12.1 Å². The van der Waals surface area contributed by atoms with Gasteiger partial charge in [0.1, 0.15) is 6.17 Å². The van der Waals surface area contributed by atoms with Crippen LogP contribution in [0.25, 0.3) is 0 Å². The first-order valence-corrected chi connectivity index (χ1v) is 6.09. The molecule has 1 aliphatic rings. The maximum absolute atomic E-state index is 13.8. The van der Waals surface area contributed by atoms with E-state index >= 15 is 0 Å². The Hall–Kier alpha value is -2.64. The zero-order valence-electron chi connectivity index (χ0n) is 10.7. The molecule has 2 N–H and O–H groups in total. The molecule has 1 aliphatic heterocycles. The lowest BCUT2D eigenvalue weighted by molar-refractivity contribution is 0.0934. The minimum Gasteiger partial charge on any atom is -0.361 e. The SMILES string of the molecule is O=C1NC(c2c(F)c(F)c(F)c(F)c2F)Nc2ccccc21. The lowest BCUT2D eigenvalue weighted by Crippen LogP contribution is -2.39. The predicted octanol–water partition coefficient (Wildman–Crippen LogP) is 3.24. The van der Waals surface area contributed by atoms with Gasteiger partial charge in [0.05, 0.1) is 11.1 Å². The minimum absolute atomic E-state index is 0.197. The van der Waals surface area contributed by atoms with E-state index in [1.165, 1.54) is 12.1 Å². The zero-order chi connectivity index (χ0) is 16.0. The number of anilines is 1. The molecule has 8 heteroatoms. The van der Waals surface area contributed by atoms with Crippen LogP contribution in [0.15, 0.2) is 24.3 Å². The Labute approximate surface area is 120 Å². The van der Waals surface area contributed by atoms with Crippen LogP contribution in [-0.4, -0.2) is 5.91 Å². The highest BCUT2D eigenvalue weighted by Crippen LogP contribution is 2.32. The standard InChI is InChI=1S/C14H7F5N2O/c15-8-7(9(16)11(18)12(19)10(8)17)13-20-6-4-2-1-3-5(6)14(22)21-13/h1-4,13,20H,(H,21,22). The van der Waals surface area contributed by atoms with Crippen LogP contribution in [0.1, 0.15) is 22.1 Å². The van der Waals surface area contributed by atoms with Crippen molar-refractivity contribution in [3.05, 3.63) is 64.5 Å². The number of carbonyl (C=O) groups excluding carboxylic acids is 1. The molecule has 1 unspecified atom stereocenters. The number of halogens is 5. The maximum Gasteiger partial charge on any atom is 0.255 e. The third-order valence-corrected chi connectivity index (χ3v) is 3.28. The van der Waals surface area contributed by atoms with Crippen molar-refractivity contribution in [2.24, 2.45) is 0 Å². The fourth-order valence-electron chi connectivity index (χ4n) is 2.23. The molecule has 0 aromatic heterocycles. The van der Waals surface area contributed by atoms with Gasteiger partial charge >= 0.3 is 0 Å². The van der Waals surface area contributed by atoms with Crippen molar-refractivity contribution >= 4 is 11.6 Å². The van der Waals surface area contributed by atoms with Crippen molar-refractivity contribution < 1.29 is 26.7 Å². The van der Waals surface area contributed by atoms with Gasteiger partial charge in [0.2, 0.25) is 5.82 Å². The highest BCUT2D eigenvalue weighted by molar-refractivity contribution is 6.01. The number of carbonyl (C=O) groups is 1. The molecule has 0 spiro atoms. The molecule has 3 nitrogen and oxygen atoms in total. The van der Waals surface area contributed by atoms with E-state index in [-0.39, 0.29) is 11.3 Å². The Bertz CT molecular complexity index is 764. The van der Waals surface area contributed by atoms with Gasteiger partial charge in [-0.3, -0.25) is 4.79 Å². The van der Waals surface area contributed by atoms with Crippen LogP contribution in [0.4, 0.5) is 27.6 Å². The molecule has 1 amide bonds. The summed E-state index contributed by atoms with van der Waals surface area (Å²) in [6.07, 6.45) is -1.58. The van der Waals surface area contributed by atoms with Crippen molar-refractivity contribution in [2.45, 2.75) is 6.17 Å². The normalized spacial score (nSPS) is 16.8. The first-order chi connectivity index (χ1) is 10.4. The molecule has 0 fully saturated rings. The van der Waals surface area contributed by atoms with Crippen LogP contribution in [0.3, 0.4) is 0 Å². The monoisotopic (exact) mass is 314 g/mol. The third kappa shape index (κ3) is 1.99. The minimum atomic E-state index is -2.25. The summed E-state index contributed by atoms with van der Waals surface area (Å²) in [7, 11) is 0. The lowest BCUT2D eigenvalue weighted by Gasteiger charge is -2.28. The molecule has 1 heterocycles. The molecule has 0 saturated heterocycles. The lowest BCUT2D eigenvalue weighted by atomic mass is 10.0. The van der Waals surface area contributed by atoms with Gasteiger partial charge in [-0.2, -0.15) is 0 Å². The van der Waals surface area contributed by atoms with Gasteiger partial charge in [0, 0.05) is 5.69 Å². The molecule has 0 bridgehead atoms. The average Bonchev–Trinajstić information content (AvgIpc) is 2.51. The summed E-state index contributed by atoms with van der Waals surface area (Å²) in [4.78, 5) is 11.9. The number of para-hydroxylation sites is 1. The van der Waals surface area contributed by atoms with Gasteiger partial charge in [0.25, 0.3) is 5.91 Å². The Morgan fingerprint density at radius 2 is 1.32 bits per heavy atom. The Balaban J connectivity index is 2.13. The van der Waals surface area contributed by atoms with Gasteiger partial charge < -0.3 is 10.6 Å². The molecular weight excluding hydrogens is 307 g/mol. The van der Waals surface area contributed by atoms with E-state index in [0.29, 0.717) is 0 Å². The van der Waals surface area contributed by atoms with Gasteiger partial charge in [-0.05, 0) is 12.1 Å². The third-order valence-electron chi connectivity index (χ3n) is 3.28. The van der Waals surface area contributed by atoms with Gasteiger partial charge in [-0.25, -0.2) is 22.0 Å². The summed E-state index contributed by atoms with van der Waals surface area (Å²) in [5.41, 5.74) is -0.720. The van der Waals surface area contributed by atoms with E-state index in [2.05, 4.69) is 10.6 Å². The number of fused-ring (bicyclic) bond motifs is 1. The summed E-state index contributed by atoms with van der Waals surface area (Å²) in [5.74, 6) is -11.1. The zero-order valence-corrected chi connectivity index (χ0v) is 10.7. The Morgan fingerprint density at radius 3 is 1.95 bits per heavy atom. The molecule has 0 saturated carbocycles. The van der Waals surface area contributed by atoms with Crippen LogP contribution >= 0.6 is 0 Å². The van der Waals surface area contributed by atoms with Gasteiger partial charge in [-0.15, -0.1) is 0 Å². The second-order valence-electron chi connectivity index (χ2n) is 4.58. The molecule has 1 atom stereocenters. The largest absolute Gasteiger partial charge is 0.361 e. The van der Waals surface area contributed by atoms with Gasteiger partial charge in [0.15, 0.2) is 23.3 Å². The van der Waals surface area contributed by atoms with E-state index in [1.807, 2.05) is 0 Å². The van der Waals surface area contributed by atoms with Crippen molar-refractivity contribution in [3.8, 4) is 0 Å². The van der Waals surface area contributed by atoms with Crippen LogP contribution in [0.2, 0.25) is 0 Å². The molecule has 2 aromatic carbocycles. The topological polar surface area (TPSA) is 41.1 Å². The summed E-state index contributed by atoms with van der Waals surface area (Å²) >= 11 is 0. The number of rotatable bonds is 1. The molecular formula is C14H7F5N2O. The second-order valence-corrected chi connectivity index (χ2v) is 4.58. The fourth-order valence-corrected chi connectivity index (χ4v) is 2.23. The molecule has 22 heavy (non-hydrogen) atoms. The number of amides is 1. The number of benzene rings is 2. The maximum atomic E-state index is 13.8. The van der Waals surface area contributed by atoms with Crippen molar-refractivity contribution in [1.29, 1.82) is 0 Å². The predicted molar refractivity (Wildman–Crippen MR) is 66.5 cm³/mol. The highest BCUT2D eigenvalue weighted by Gasteiger charge is 2.34. The quantitative estimate of drug-likeness (QED) is 0.482. The molecule has 2 aromatic rings. The van der Waals surface area contributed by atoms with Crippen LogP contribution in [-0.2, 0) is 0 Å². The Morgan fingerprint density at radius 1 is 0.773 bits per heavy atom. The van der Waals surface area contributed by atoms with Crippen molar-refractivity contribution in [1.82, 2.24) is 5.32 Å². The van der Waals surface area contributed by atoms with Crippen molar-refractivity contribution in [3.63, 3.8) is 0 Å². The van der Waals surface area contributed by atoms with Crippen LogP contribution in [0, 0.1) is 29.1 Å². The smallest absolute Gasteiger partial charge is 0.255 e. The van der Waals surface area contributed by atoms with E-state index in [0.717, 1.165) is 0 Å². The summed E-state index contributed by atoms with van der Waals surface area (Å²) < 4.78 is 67.1. The molecule has 3 rings (SSSR count). The first-order valence-electron chi connectivity index (χ1n) is 6.09. The van der Waals surface area contributed by atoms with E-state index < -0.39 is 46.7 Å². The molecule has 0 radical (unpaired) electrons. The van der Waals surface area contributed by atoms with E-state index in [4.69, 9.17) is 0 Å². The molecule has 114 valence electrons. The van der Waals surface area contributed by atoms with E-state index in [1.54, 1.807) is 12.1 Å². The average molecular weight is 314 g/mol.